The van der Waals surface area contributed by atoms with Gasteiger partial charge >= 0.3 is 12.1 Å². The fraction of sp³-hybridized carbons (Fsp3) is 0.467. The Balaban J connectivity index is 1.19. The summed E-state index contributed by atoms with van der Waals surface area (Å²) < 4.78 is 69.1. The standard InChI is InChI=1S/C30H31ClF5N5O2/c31-21-5-8-24(19-3-6-22(7-4-19)39-12-10-38(11-13-39)17-20-15-29(20,32)33)26(14-21)40-9-1-2-23(18-40)41-27(30(34,35)36)25(16-37-41)28(42)43/h3-8,14,16,20,23H,1-2,9-13,15,17-18H2,(H,42,43). The van der Waals surface area contributed by atoms with Crippen LogP contribution in [-0.2, 0) is 6.18 Å². The van der Waals surface area contributed by atoms with Crippen LogP contribution in [0.2, 0.25) is 5.02 Å². The predicted octanol–water partition coefficient (Wildman–Crippen LogP) is 6.54. The maximum absolute atomic E-state index is 13.9. The number of halogens is 6. The van der Waals surface area contributed by atoms with E-state index in [0.29, 0.717) is 31.0 Å². The van der Waals surface area contributed by atoms with Crippen LogP contribution >= 0.6 is 11.6 Å². The van der Waals surface area contributed by atoms with Gasteiger partial charge in [-0.1, -0.05) is 29.8 Å². The van der Waals surface area contributed by atoms with Gasteiger partial charge in [0.1, 0.15) is 5.56 Å². The normalized spacial score (nSPS) is 22.6. The molecule has 2 unspecified atom stereocenters. The van der Waals surface area contributed by atoms with E-state index >= 15 is 0 Å². The van der Waals surface area contributed by atoms with Crippen LogP contribution in [0.4, 0.5) is 33.3 Å². The second-order valence-corrected chi connectivity index (χ2v) is 12.0. The molecule has 3 aromatic rings. The molecule has 3 fully saturated rings. The van der Waals surface area contributed by atoms with Crippen molar-refractivity contribution < 1.29 is 31.9 Å². The number of hydrogen-bond donors (Lipinski definition) is 1. The van der Waals surface area contributed by atoms with Gasteiger partial charge in [-0.05, 0) is 42.7 Å². The first-order valence-electron chi connectivity index (χ1n) is 14.3. The number of piperidine rings is 1. The molecular weight excluding hydrogens is 593 g/mol. The molecule has 230 valence electrons. The summed E-state index contributed by atoms with van der Waals surface area (Å²) in [6, 6.07) is 12.8. The topological polar surface area (TPSA) is 64.8 Å². The first kappa shape index (κ1) is 29.7. The van der Waals surface area contributed by atoms with Crippen LogP contribution < -0.4 is 9.80 Å². The molecule has 0 radical (unpaired) electrons. The van der Waals surface area contributed by atoms with Crippen molar-refractivity contribution in [3.63, 3.8) is 0 Å². The van der Waals surface area contributed by atoms with E-state index in [1.54, 1.807) is 12.1 Å². The van der Waals surface area contributed by atoms with Crippen LogP contribution in [0.3, 0.4) is 0 Å². The average molecular weight is 624 g/mol. The van der Waals surface area contributed by atoms with Crippen LogP contribution in [0.1, 0.15) is 41.4 Å². The molecule has 3 aliphatic rings. The van der Waals surface area contributed by atoms with E-state index in [1.165, 1.54) is 0 Å². The Morgan fingerprint density at radius 1 is 1.02 bits per heavy atom. The Morgan fingerprint density at radius 2 is 1.72 bits per heavy atom. The summed E-state index contributed by atoms with van der Waals surface area (Å²) in [6.07, 6.45) is -3.11. The van der Waals surface area contributed by atoms with Gasteiger partial charge in [-0.15, -0.1) is 0 Å². The van der Waals surface area contributed by atoms with Gasteiger partial charge < -0.3 is 14.9 Å². The molecule has 0 spiro atoms. The highest BCUT2D eigenvalue weighted by Gasteiger charge is 2.57. The van der Waals surface area contributed by atoms with E-state index in [2.05, 4.69) is 14.9 Å². The predicted molar refractivity (Wildman–Crippen MR) is 153 cm³/mol. The largest absolute Gasteiger partial charge is 0.478 e. The smallest absolute Gasteiger partial charge is 0.433 e. The van der Waals surface area contributed by atoms with Crippen molar-refractivity contribution in [1.29, 1.82) is 0 Å². The van der Waals surface area contributed by atoms with Gasteiger partial charge in [-0.25, -0.2) is 13.6 Å². The number of carboxylic acid groups (broad SMARTS) is 1. The first-order valence-corrected chi connectivity index (χ1v) is 14.7. The van der Waals surface area contributed by atoms with Gasteiger partial charge in [0.15, 0.2) is 5.69 Å². The molecule has 6 rings (SSSR count). The second-order valence-electron chi connectivity index (χ2n) is 11.6. The first-order chi connectivity index (χ1) is 20.4. The lowest BCUT2D eigenvalue weighted by molar-refractivity contribution is -0.145. The fourth-order valence-electron chi connectivity index (χ4n) is 6.28. The average Bonchev–Trinajstić information content (AvgIpc) is 3.35. The van der Waals surface area contributed by atoms with Gasteiger partial charge in [0, 0.05) is 80.1 Å². The molecule has 2 aromatic carbocycles. The van der Waals surface area contributed by atoms with Gasteiger partial charge in [-0.2, -0.15) is 18.3 Å². The number of hydrogen-bond acceptors (Lipinski definition) is 5. The lowest BCUT2D eigenvalue weighted by Gasteiger charge is -2.37. The number of rotatable bonds is 7. The third-order valence-corrected chi connectivity index (χ3v) is 8.92. The zero-order valence-corrected chi connectivity index (χ0v) is 24.0. The van der Waals surface area contributed by atoms with Gasteiger partial charge in [-0.3, -0.25) is 9.58 Å². The molecular formula is C30H31ClF5N5O2. The zero-order valence-electron chi connectivity index (χ0n) is 23.2. The van der Waals surface area contributed by atoms with E-state index in [9.17, 15) is 31.9 Å². The van der Waals surface area contributed by atoms with Gasteiger partial charge in [0.2, 0.25) is 0 Å². The number of aromatic carboxylic acids is 1. The van der Waals surface area contributed by atoms with Gasteiger partial charge in [0.25, 0.3) is 5.92 Å². The minimum Gasteiger partial charge on any atom is -0.478 e. The van der Waals surface area contributed by atoms with Crippen LogP contribution in [-0.4, -0.2) is 77.5 Å². The van der Waals surface area contributed by atoms with Crippen molar-refractivity contribution in [3.8, 4) is 11.1 Å². The highest BCUT2D eigenvalue weighted by Crippen LogP contribution is 2.49. The number of anilines is 2. The molecule has 2 saturated heterocycles. The third kappa shape index (κ3) is 6.17. The molecule has 1 aromatic heterocycles. The lowest BCUT2D eigenvalue weighted by atomic mass is 9.99. The number of alkyl halides is 5. The maximum Gasteiger partial charge on any atom is 0.433 e. The summed E-state index contributed by atoms with van der Waals surface area (Å²) in [4.78, 5) is 17.8. The molecule has 2 aliphatic heterocycles. The second kappa shape index (κ2) is 11.3. The van der Waals surface area contributed by atoms with E-state index < -0.39 is 41.3 Å². The van der Waals surface area contributed by atoms with Crippen molar-refractivity contribution in [2.75, 3.05) is 55.6 Å². The summed E-state index contributed by atoms with van der Waals surface area (Å²) in [5, 5.41) is 13.7. The quantitative estimate of drug-likeness (QED) is 0.302. The van der Waals surface area contributed by atoms with E-state index in [1.807, 2.05) is 35.2 Å². The molecule has 2 atom stereocenters. The monoisotopic (exact) mass is 623 g/mol. The number of aromatic nitrogens is 2. The Morgan fingerprint density at radius 3 is 2.35 bits per heavy atom. The highest BCUT2D eigenvalue weighted by molar-refractivity contribution is 6.31. The number of carbonyl (C=O) groups is 1. The number of carboxylic acids is 1. The summed E-state index contributed by atoms with van der Waals surface area (Å²) in [5.41, 5.74) is 1.47. The maximum atomic E-state index is 13.9. The molecule has 0 bridgehead atoms. The van der Waals surface area contributed by atoms with Crippen LogP contribution in [0.5, 0.6) is 0 Å². The molecule has 3 heterocycles. The third-order valence-electron chi connectivity index (χ3n) is 8.69. The number of piperazine rings is 1. The Labute approximate surface area is 250 Å². The van der Waals surface area contributed by atoms with Gasteiger partial charge in [0.05, 0.1) is 12.2 Å². The minimum absolute atomic E-state index is 0.0110. The Kier molecular flexibility index (Phi) is 7.78. The molecule has 1 aliphatic carbocycles. The summed E-state index contributed by atoms with van der Waals surface area (Å²) >= 11 is 6.38. The van der Waals surface area contributed by atoms with E-state index in [4.69, 9.17) is 11.6 Å². The van der Waals surface area contributed by atoms with Crippen molar-refractivity contribution in [2.45, 2.75) is 37.4 Å². The fourth-order valence-corrected chi connectivity index (χ4v) is 6.45. The minimum atomic E-state index is -4.87. The Hall–Kier alpha value is -3.38. The number of benzene rings is 2. The van der Waals surface area contributed by atoms with Crippen molar-refractivity contribution in [2.24, 2.45) is 5.92 Å². The van der Waals surface area contributed by atoms with Crippen molar-refractivity contribution in [3.05, 3.63) is 64.9 Å². The lowest BCUT2D eigenvalue weighted by Crippen LogP contribution is -2.47. The molecule has 1 saturated carbocycles. The van der Waals surface area contributed by atoms with E-state index in [0.717, 1.165) is 59.6 Å². The highest BCUT2D eigenvalue weighted by atomic mass is 35.5. The van der Waals surface area contributed by atoms with Crippen molar-refractivity contribution in [1.82, 2.24) is 14.7 Å². The van der Waals surface area contributed by atoms with E-state index in [-0.39, 0.29) is 13.0 Å². The van der Waals surface area contributed by atoms with Crippen LogP contribution in [0.25, 0.3) is 11.1 Å². The molecule has 0 amide bonds. The summed E-state index contributed by atoms with van der Waals surface area (Å²) in [5.74, 6) is -4.69. The van der Waals surface area contributed by atoms with Crippen LogP contribution in [0.15, 0.2) is 48.7 Å². The summed E-state index contributed by atoms with van der Waals surface area (Å²) in [7, 11) is 0. The molecule has 13 heteroatoms. The zero-order chi connectivity index (χ0) is 30.5. The molecule has 7 nitrogen and oxygen atoms in total. The molecule has 43 heavy (non-hydrogen) atoms. The van der Waals surface area contributed by atoms with Crippen LogP contribution in [0, 0.1) is 5.92 Å². The SMILES string of the molecule is O=C(O)c1cnn(C2CCCN(c3cc(Cl)ccc3-c3ccc(N4CCN(CC5CC5(F)F)CC4)cc3)C2)c1C(F)(F)F. The Bertz CT molecular complexity index is 1490. The summed E-state index contributed by atoms with van der Waals surface area (Å²) in [6.45, 7) is 4.18. The van der Waals surface area contributed by atoms with Crippen molar-refractivity contribution >= 4 is 28.9 Å². The number of nitrogens with zero attached hydrogens (tertiary/aromatic N) is 5. The molecule has 1 N–H and O–H groups in total.